The lowest BCUT2D eigenvalue weighted by atomic mass is 9.90. The highest BCUT2D eigenvalue weighted by Crippen LogP contribution is 2.43. The van der Waals surface area contributed by atoms with E-state index in [1.807, 2.05) is 39.0 Å². The Morgan fingerprint density at radius 1 is 0.279 bits per heavy atom. The molecule has 0 aliphatic heterocycles. The summed E-state index contributed by atoms with van der Waals surface area (Å²) in [5.41, 5.74) is 33.3. The Labute approximate surface area is 656 Å². The molecule has 16 rings (SSSR count). The topological polar surface area (TPSA) is 120 Å². The van der Waals surface area contributed by atoms with E-state index in [1.54, 1.807) is 0 Å². The third-order valence-corrected chi connectivity index (χ3v) is 23.9. The maximum Gasteiger partial charge on any atom is 0.227 e. The van der Waals surface area contributed by atoms with Gasteiger partial charge in [-0.25, -0.2) is 38.2 Å². The van der Waals surface area contributed by atoms with E-state index in [4.69, 9.17) is 22.7 Å². The zero-order chi connectivity index (χ0) is 79.0. The van der Waals surface area contributed by atoms with Gasteiger partial charge in [0.15, 0.2) is 47.1 Å². The summed E-state index contributed by atoms with van der Waals surface area (Å²) in [6.45, 7) is 39.4. The molecule has 0 N–H and O–H groups in total. The van der Waals surface area contributed by atoms with Crippen LogP contribution in [-0.4, -0.2) is 19.9 Å². The lowest BCUT2D eigenvalue weighted by Crippen LogP contribution is -2.32. The Bertz CT molecular complexity index is 5960. The smallest absolute Gasteiger partial charge is 0.227 e. The first-order valence-corrected chi connectivity index (χ1v) is 40.7. The standard InChI is InChI=1S/3C25H29N2O.C24H27N2O/c2*1-7-18(8-2)21-14-27(6)22(13-16(21)4)23-15(3)9-11-19-20-12-10-17(5)26-25(20)28-24(19)23;1-6-17(7-2)18-13-14-27(5)22(15-18)23-16(4)9-11-20-21-12-10-19(8-3)26-25(21)28-24(20)23;1-6-17(7-2)18-12-13-26(5)21(14-18)22-15(3)8-10-19-20-11-9-16(4)25-24(20)27-23(19)22/h2*9-14,18H,7-8H2,1-6H3;9-15,17H,6-8H2,1-5H3;8-14,17H,6-7H2,1-5H3/q4*+1. The molecule has 4 aromatic carbocycles. The first-order valence-electron chi connectivity index (χ1n) is 40.7. The quantitative estimate of drug-likeness (QED) is 0.0827. The van der Waals surface area contributed by atoms with Crippen LogP contribution in [0.2, 0.25) is 0 Å². The van der Waals surface area contributed by atoms with Crippen molar-refractivity contribution in [1.29, 1.82) is 0 Å². The zero-order valence-electron chi connectivity index (χ0n) is 69.9. The normalized spacial score (nSPS) is 11.8. The molecule has 0 saturated carbocycles. The lowest BCUT2D eigenvalue weighted by molar-refractivity contribution is -0.661. The van der Waals surface area contributed by atoms with Crippen LogP contribution in [0.4, 0.5) is 0 Å². The Hall–Kier alpha value is -10.7. The number of benzene rings is 4. The highest BCUT2D eigenvalue weighted by Gasteiger charge is 2.29. The fraction of sp³-hybridized carbons (Fsp3) is 0.354. The summed E-state index contributed by atoms with van der Waals surface area (Å²) < 4.78 is 34.1. The van der Waals surface area contributed by atoms with Gasteiger partial charge in [-0.1, -0.05) is 111 Å². The second kappa shape index (κ2) is 33.1. The number of nitrogens with zero attached hydrogens (tertiary/aromatic N) is 8. The van der Waals surface area contributed by atoms with Gasteiger partial charge in [-0.3, -0.25) is 0 Å². The van der Waals surface area contributed by atoms with Crippen LogP contribution in [0, 0.1) is 62.3 Å². The van der Waals surface area contributed by atoms with Gasteiger partial charge in [0.25, 0.3) is 0 Å². The molecule has 570 valence electrons. The maximum absolute atomic E-state index is 6.34. The molecule has 0 saturated heterocycles. The summed E-state index contributed by atoms with van der Waals surface area (Å²) in [5.74, 6) is 2.39. The summed E-state index contributed by atoms with van der Waals surface area (Å²) in [4.78, 5) is 18.5. The SMILES string of the molecule is CCC(CC)c1c[n+](C)c(-c2c(C)ccc3c2oc2nc(C)ccc23)cc1C.CCC(CC)c1c[n+](C)c(-c2c(C)ccc3c2oc2nc(C)ccc23)cc1C.CCC(CC)c1cc[n+](C)c(-c2c(C)ccc3c2oc2nc(C)ccc23)c1.CCc1ccc2c(n1)oc1c(-c3cc(C(CC)CC)cc[n+]3C)c(C)ccc12. The number of aryl methyl sites for hydroxylation is 14. The summed E-state index contributed by atoms with van der Waals surface area (Å²) in [7, 11) is 8.50. The van der Waals surface area contributed by atoms with Gasteiger partial charge < -0.3 is 17.7 Å². The minimum Gasteiger partial charge on any atom is -0.437 e. The highest BCUT2D eigenvalue weighted by molar-refractivity contribution is 6.12. The molecule has 0 radical (unpaired) electrons. The van der Waals surface area contributed by atoms with Gasteiger partial charge in [0, 0.05) is 113 Å². The van der Waals surface area contributed by atoms with Crippen LogP contribution in [0.15, 0.2) is 176 Å². The van der Waals surface area contributed by atoms with Gasteiger partial charge in [-0.15, -0.1) is 0 Å². The van der Waals surface area contributed by atoms with Crippen LogP contribution >= 0.6 is 0 Å². The molecule has 0 spiro atoms. The minimum absolute atomic E-state index is 0.587. The second-order valence-corrected chi connectivity index (χ2v) is 31.2. The molecule has 0 amide bonds. The first-order chi connectivity index (χ1) is 53.5. The van der Waals surface area contributed by atoms with Crippen LogP contribution < -0.4 is 18.3 Å². The molecule has 0 aliphatic carbocycles. The Kier molecular flexibility index (Phi) is 23.4. The molecule has 12 heterocycles. The van der Waals surface area contributed by atoms with Gasteiger partial charge in [0.1, 0.15) is 28.2 Å². The van der Waals surface area contributed by atoms with Crippen molar-refractivity contribution in [1.82, 2.24) is 19.9 Å². The number of fused-ring (bicyclic) bond motifs is 12. The van der Waals surface area contributed by atoms with Crippen molar-refractivity contribution in [2.45, 2.75) is 206 Å². The first kappa shape index (κ1) is 78.4. The molecule has 12 aromatic heterocycles. The van der Waals surface area contributed by atoms with Crippen molar-refractivity contribution in [3.05, 3.63) is 237 Å². The van der Waals surface area contributed by atoms with E-state index in [9.17, 15) is 0 Å². The van der Waals surface area contributed by atoms with E-state index < -0.39 is 0 Å². The van der Waals surface area contributed by atoms with E-state index in [1.165, 1.54) is 115 Å². The van der Waals surface area contributed by atoms with Crippen LogP contribution in [0.1, 0.15) is 216 Å². The van der Waals surface area contributed by atoms with Crippen molar-refractivity contribution >= 4 is 88.3 Å². The minimum atomic E-state index is 0.587. The number of rotatable bonds is 17. The molecular weight excluding hydrogens is 1370 g/mol. The molecule has 0 atom stereocenters. The van der Waals surface area contributed by atoms with Crippen molar-refractivity contribution < 1.29 is 35.9 Å². The Morgan fingerprint density at radius 2 is 0.550 bits per heavy atom. The largest absolute Gasteiger partial charge is 0.437 e. The second-order valence-electron chi connectivity index (χ2n) is 31.2. The summed E-state index contributed by atoms with van der Waals surface area (Å²) in [5, 5.41) is 8.85. The monoisotopic (exact) mass is 1480 g/mol. The van der Waals surface area contributed by atoms with E-state index in [2.05, 4.69) is 305 Å². The summed E-state index contributed by atoms with van der Waals surface area (Å²) in [6.07, 6.45) is 19.2. The molecule has 12 nitrogen and oxygen atoms in total. The van der Waals surface area contributed by atoms with Crippen LogP contribution in [0.25, 0.3) is 133 Å². The molecule has 16 aromatic rings. The fourth-order valence-electron chi connectivity index (χ4n) is 17.1. The number of aromatic nitrogens is 8. The van der Waals surface area contributed by atoms with Gasteiger partial charge in [-0.2, -0.15) is 0 Å². The highest BCUT2D eigenvalue weighted by atomic mass is 16.4. The van der Waals surface area contributed by atoms with Crippen molar-refractivity contribution in [3.63, 3.8) is 0 Å². The number of furan rings is 4. The number of hydrogen-bond acceptors (Lipinski definition) is 8. The van der Waals surface area contributed by atoms with E-state index >= 15 is 0 Å². The van der Waals surface area contributed by atoms with Gasteiger partial charge in [0.05, 0.1) is 22.3 Å². The molecule has 0 unspecified atom stereocenters. The predicted molar refractivity (Wildman–Crippen MR) is 458 cm³/mol. The molecule has 111 heavy (non-hydrogen) atoms. The van der Waals surface area contributed by atoms with Crippen LogP contribution in [0.5, 0.6) is 0 Å². The third-order valence-electron chi connectivity index (χ3n) is 23.9. The van der Waals surface area contributed by atoms with Crippen molar-refractivity contribution in [2.75, 3.05) is 0 Å². The third kappa shape index (κ3) is 15.1. The average Bonchev–Trinajstić information content (AvgIpc) is 1.65. The zero-order valence-corrected chi connectivity index (χ0v) is 69.9. The molecule has 12 heteroatoms. The average molecular weight is 1480 g/mol. The maximum atomic E-state index is 6.34. The van der Waals surface area contributed by atoms with Crippen LogP contribution in [0.3, 0.4) is 0 Å². The van der Waals surface area contributed by atoms with Gasteiger partial charge in [0.2, 0.25) is 45.6 Å². The van der Waals surface area contributed by atoms with Crippen molar-refractivity contribution in [3.8, 4) is 45.0 Å². The molecule has 0 aliphatic rings. The van der Waals surface area contributed by atoms with Crippen LogP contribution in [-0.2, 0) is 34.6 Å². The Morgan fingerprint density at radius 3 is 0.838 bits per heavy atom. The van der Waals surface area contributed by atoms with E-state index in [0.717, 1.165) is 154 Å². The summed E-state index contributed by atoms with van der Waals surface area (Å²) in [6, 6.07) is 48.0. The molecule has 0 bridgehead atoms. The molecule has 0 fully saturated rings. The predicted octanol–water partition coefficient (Wildman–Crippen LogP) is 24.8. The molecular formula is C99H114N8O4+4. The summed E-state index contributed by atoms with van der Waals surface area (Å²) >= 11 is 0. The Balaban J connectivity index is 0.000000130. The van der Waals surface area contributed by atoms with E-state index in [-0.39, 0.29) is 0 Å². The number of hydrogen-bond donors (Lipinski definition) is 0. The van der Waals surface area contributed by atoms with Gasteiger partial charge >= 0.3 is 0 Å². The fourth-order valence-corrected chi connectivity index (χ4v) is 17.1. The van der Waals surface area contributed by atoms with Crippen molar-refractivity contribution in [2.24, 2.45) is 28.2 Å². The number of pyridine rings is 8. The lowest BCUT2D eigenvalue weighted by Gasteiger charge is -2.15. The van der Waals surface area contributed by atoms with E-state index in [0.29, 0.717) is 23.7 Å². The van der Waals surface area contributed by atoms with Gasteiger partial charge in [-0.05, 0) is 237 Å².